The van der Waals surface area contributed by atoms with Gasteiger partial charge in [0, 0.05) is 19.0 Å². The second kappa shape index (κ2) is 5.99. The third-order valence-corrected chi connectivity index (χ3v) is 4.66. The Morgan fingerprint density at radius 3 is 2.77 bits per heavy atom. The molecule has 2 fully saturated rings. The van der Waals surface area contributed by atoms with Gasteiger partial charge in [-0.05, 0) is 43.9 Å². The minimum Gasteiger partial charge on any atom is -0.495 e. The lowest BCUT2D eigenvalue weighted by Crippen LogP contribution is -2.41. The summed E-state index contributed by atoms with van der Waals surface area (Å²) in [7, 11) is 1.58. The number of methoxy groups -OCH3 is 1. The SMILES string of the molecule is COc1ccc(C)cc1NC(=O)C1CC(=O)N(C2CCC2)C1. The van der Waals surface area contributed by atoms with Crippen molar-refractivity contribution in [2.24, 2.45) is 5.92 Å². The summed E-state index contributed by atoms with van der Waals surface area (Å²) in [5.41, 5.74) is 1.72. The molecular weight excluding hydrogens is 280 g/mol. The Bertz CT molecular complexity index is 596. The fraction of sp³-hybridized carbons (Fsp3) is 0.529. The molecule has 0 radical (unpaired) electrons. The molecule has 1 unspecified atom stereocenters. The van der Waals surface area contributed by atoms with E-state index in [0.717, 1.165) is 18.4 Å². The third kappa shape index (κ3) is 2.80. The first-order chi connectivity index (χ1) is 10.6. The number of nitrogens with zero attached hydrogens (tertiary/aromatic N) is 1. The molecule has 1 aliphatic heterocycles. The van der Waals surface area contributed by atoms with E-state index in [-0.39, 0.29) is 17.7 Å². The Morgan fingerprint density at radius 1 is 1.36 bits per heavy atom. The van der Waals surface area contributed by atoms with Crippen molar-refractivity contribution in [1.29, 1.82) is 0 Å². The summed E-state index contributed by atoms with van der Waals surface area (Å²) in [4.78, 5) is 26.4. The van der Waals surface area contributed by atoms with E-state index in [1.807, 2.05) is 30.0 Å². The molecule has 1 aromatic carbocycles. The number of hydrogen-bond donors (Lipinski definition) is 1. The molecule has 0 spiro atoms. The van der Waals surface area contributed by atoms with Crippen LogP contribution in [0, 0.1) is 12.8 Å². The summed E-state index contributed by atoms with van der Waals surface area (Å²) < 4.78 is 5.28. The molecule has 1 aliphatic carbocycles. The van der Waals surface area contributed by atoms with Gasteiger partial charge in [-0.3, -0.25) is 9.59 Å². The van der Waals surface area contributed by atoms with E-state index < -0.39 is 0 Å². The number of rotatable bonds is 4. The quantitative estimate of drug-likeness (QED) is 0.928. The summed E-state index contributed by atoms with van der Waals surface area (Å²) in [6.45, 7) is 2.51. The lowest BCUT2D eigenvalue weighted by molar-refractivity contribution is -0.131. The molecule has 2 amide bonds. The van der Waals surface area contributed by atoms with Gasteiger partial charge in [0.15, 0.2) is 0 Å². The summed E-state index contributed by atoms with van der Waals surface area (Å²) in [5, 5.41) is 2.92. The van der Waals surface area contributed by atoms with Crippen LogP contribution < -0.4 is 10.1 Å². The largest absolute Gasteiger partial charge is 0.495 e. The van der Waals surface area contributed by atoms with Crippen molar-refractivity contribution in [2.45, 2.75) is 38.6 Å². The Morgan fingerprint density at radius 2 is 2.14 bits per heavy atom. The van der Waals surface area contributed by atoms with E-state index in [9.17, 15) is 9.59 Å². The average molecular weight is 302 g/mol. The van der Waals surface area contributed by atoms with Crippen molar-refractivity contribution in [1.82, 2.24) is 4.90 Å². The van der Waals surface area contributed by atoms with Gasteiger partial charge in [-0.1, -0.05) is 6.07 Å². The number of carbonyl (C=O) groups excluding carboxylic acids is 2. The Kier molecular flexibility index (Phi) is 4.05. The number of carbonyl (C=O) groups is 2. The zero-order chi connectivity index (χ0) is 15.7. The van der Waals surface area contributed by atoms with Gasteiger partial charge in [-0.15, -0.1) is 0 Å². The molecule has 2 aliphatic rings. The van der Waals surface area contributed by atoms with Crippen LogP contribution in [0.4, 0.5) is 5.69 Å². The average Bonchev–Trinajstić information content (AvgIpc) is 2.79. The second-order valence-electron chi connectivity index (χ2n) is 6.22. The summed E-state index contributed by atoms with van der Waals surface area (Å²) in [6.07, 6.45) is 3.65. The van der Waals surface area contributed by atoms with Crippen LogP contribution in [-0.4, -0.2) is 36.4 Å². The molecule has 3 rings (SSSR count). The highest BCUT2D eigenvalue weighted by atomic mass is 16.5. The van der Waals surface area contributed by atoms with Crippen molar-refractivity contribution in [3.05, 3.63) is 23.8 Å². The van der Waals surface area contributed by atoms with E-state index in [2.05, 4.69) is 5.32 Å². The number of benzene rings is 1. The van der Waals surface area contributed by atoms with E-state index >= 15 is 0 Å². The van der Waals surface area contributed by atoms with Crippen LogP contribution in [0.25, 0.3) is 0 Å². The predicted molar refractivity (Wildman–Crippen MR) is 83.8 cm³/mol. The van der Waals surface area contributed by atoms with Crippen LogP contribution in [0.1, 0.15) is 31.2 Å². The van der Waals surface area contributed by atoms with Gasteiger partial charge in [0.1, 0.15) is 5.75 Å². The lowest BCUT2D eigenvalue weighted by atomic mass is 9.92. The molecule has 0 aromatic heterocycles. The molecule has 118 valence electrons. The van der Waals surface area contributed by atoms with Crippen LogP contribution in [0.5, 0.6) is 5.75 Å². The summed E-state index contributed by atoms with van der Waals surface area (Å²) in [5.74, 6) is 0.387. The van der Waals surface area contributed by atoms with E-state index in [4.69, 9.17) is 4.74 Å². The monoisotopic (exact) mass is 302 g/mol. The summed E-state index contributed by atoms with van der Waals surface area (Å²) in [6, 6.07) is 6.02. The second-order valence-corrected chi connectivity index (χ2v) is 6.22. The first-order valence-electron chi connectivity index (χ1n) is 7.83. The van der Waals surface area contributed by atoms with Crippen molar-refractivity contribution in [3.8, 4) is 5.75 Å². The highest BCUT2D eigenvalue weighted by Gasteiger charge is 2.39. The van der Waals surface area contributed by atoms with E-state index in [0.29, 0.717) is 30.4 Å². The van der Waals surface area contributed by atoms with Gasteiger partial charge in [-0.25, -0.2) is 0 Å². The number of ether oxygens (including phenoxy) is 1. The maximum absolute atomic E-state index is 12.5. The van der Waals surface area contributed by atoms with Gasteiger partial charge < -0.3 is 15.0 Å². The van der Waals surface area contributed by atoms with Crippen LogP contribution in [-0.2, 0) is 9.59 Å². The molecular formula is C17H22N2O3. The van der Waals surface area contributed by atoms with Crippen LogP contribution in [0.2, 0.25) is 0 Å². The van der Waals surface area contributed by atoms with Crippen LogP contribution in [0.3, 0.4) is 0 Å². The standard InChI is InChI=1S/C17H22N2O3/c1-11-6-7-15(22-2)14(8-11)18-17(21)12-9-16(20)19(10-12)13-4-3-5-13/h6-8,12-13H,3-5,9-10H2,1-2H3,(H,18,21). The normalized spacial score (nSPS) is 21.6. The third-order valence-electron chi connectivity index (χ3n) is 4.66. The molecule has 1 N–H and O–H groups in total. The first kappa shape index (κ1) is 14.9. The molecule has 1 saturated heterocycles. The molecule has 1 aromatic rings. The highest BCUT2D eigenvalue weighted by Crippen LogP contribution is 2.32. The van der Waals surface area contributed by atoms with Gasteiger partial charge in [0.25, 0.3) is 0 Å². The first-order valence-corrected chi connectivity index (χ1v) is 7.83. The lowest BCUT2D eigenvalue weighted by Gasteiger charge is -2.34. The predicted octanol–water partition coefficient (Wildman–Crippen LogP) is 2.34. The molecule has 22 heavy (non-hydrogen) atoms. The fourth-order valence-electron chi connectivity index (χ4n) is 3.11. The molecule has 1 saturated carbocycles. The Hall–Kier alpha value is -2.04. The number of hydrogen-bond acceptors (Lipinski definition) is 3. The maximum Gasteiger partial charge on any atom is 0.229 e. The number of aryl methyl sites for hydroxylation is 1. The number of anilines is 1. The summed E-state index contributed by atoms with van der Waals surface area (Å²) >= 11 is 0. The van der Waals surface area contributed by atoms with Crippen molar-refractivity contribution >= 4 is 17.5 Å². The molecule has 1 heterocycles. The van der Waals surface area contributed by atoms with Crippen LogP contribution >= 0.6 is 0 Å². The maximum atomic E-state index is 12.5. The van der Waals surface area contributed by atoms with Gasteiger partial charge in [0.05, 0.1) is 18.7 Å². The Balaban J connectivity index is 1.67. The van der Waals surface area contributed by atoms with E-state index in [1.54, 1.807) is 7.11 Å². The van der Waals surface area contributed by atoms with E-state index in [1.165, 1.54) is 6.42 Å². The fourth-order valence-corrected chi connectivity index (χ4v) is 3.11. The minimum absolute atomic E-state index is 0.0981. The minimum atomic E-state index is -0.265. The zero-order valence-corrected chi connectivity index (χ0v) is 13.1. The topological polar surface area (TPSA) is 58.6 Å². The van der Waals surface area contributed by atoms with Crippen molar-refractivity contribution < 1.29 is 14.3 Å². The number of nitrogens with one attached hydrogen (secondary N) is 1. The molecule has 1 atom stereocenters. The number of likely N-dealkylation sites (tertiary alicyclic amines) is 1. The molecule has 5 heteroatoms. The molecule has 0 bridgehead atoms. The van der Waals surface area contributed by atoms with Gasteiger partial charge in [-0.2, -0.15) is 0 Å². The Labute approximate surface area is 130 Å². The van der Waals surface area contributed by atoms with Crippen molar-refractivity contribution in [2.75, 3.05) is 19.0 Å². The van der Waals surface area contributed by atoms with Gasteiger partial charge in [0.2, 0.25) is 11.8 Å². The highest BCUT2D eigenvalue weighted by molar-refractivity contribution is 5.98. The van der Waals surface area contributed by atoms with Crippen molar-refractivity contribution in [3.63, 3.8) is 0 Å². The van der Waals surface area contributed by atoms with Gasteiger partial charge >= 0.3 is 0 Å². The number of amides is 2. The molecule has 5 nitrogen and oxygen atoms in total. The van der Waals surface area contributed by atoms with Crippen LogP contribution in [0.15, 0.2) is 18.2 Å². The smallest absolute Gasteiger partial charge is 0.229 e. The zero-order valence-electron chi connectivity index (χ0n) is 13.1.